The third-order valence-electron chi connectivity index (χ3n) is 6.69. The number of carbonyl (C=O) groups is 3. The van der Waals surface area contributed by atoms with E-state index < -0.39 is 35.4 Å². The second kappa shape index (κ2) is 10.2. The molecule has 2 amide bonds. The predicted molar refractivity (Wildman–Crippen MR) is 119 cm³/mol. The van der Waals surface area contributed by atoms with Crippen molar-refractivity contribution < 1.29 is 24.2 Å². The average Bonchev–Trinajstić information content (AvgIpc) is 2.99. The summed E-state index contributed by atoms with van der Waals surface area (Å²) in [4.78, 5) is 41.7. The topological polar surface area (TPSA) is 95.9 Å². The monoisotopic (exact) mass is 436 g/mol. The number of ether oxygens (including phenoxy) is 1. The van der Waals surface area contributed by atoms with Crippen molar-refractivity contribution in [1.29, 1.82) is 0 Å². The Labute approximate surface area is 186 Å². The van der Waals surface area contributed by atoms with E-state index in [1.807, 2.05) is 53.7 Å². The van der Waals surface area contributed by atoms with Gasteiger partial charge in [0.1, 0.15) is 6.04 Å². The van der Waals surface area contributed by atoms with E-state index in [9.17, 15) is 19.5 Å². The van der Waals surface area contributed by atoms with Crippen molar-refractivity contribution in [3.8, 4) is 0 Å². The van der Waals surface area contributed by atoms with Crippen molar-refractivity contribution in [2.45, 2.75) is 78.9 Å². The summed E-state index contributed by atoms with van der Waals surface area (Å²) in [5, 5.41) is 13.2. The Bertz CT molecular complexity index is 699. The Balaban J connectivity index is 2.58. The minimum absolute atomic E-state index is 0.00559. The molecular formula is C24H40N2O5. The number of hydrogen-bond acceptors (Lipinski definition) is 5. The van der Waals surface area contributed by atoms with Crippen LogP contribution in [0.4, 0.5) is 0 Å². The van der Waals surface area contributed by atoms with E-state index >= 15 is 0 Å². The molecule has 0 aromatic heterocycles. The van der Waals surface area contributed by atoms with E-state index in [0.717, 1.165) is 6.42 Å². The van der Waals surface area contributed by atoms with Crippen LogP contribution in [0.25, 0.3) is 0 Å². The molecule has 2 aliphatic rings. The van der Waals surface area contributed by atoms with Crippen molar-refractivity contribution in [3.05, 3.63) is 12.2 Å². The first-order valence-electron chi connectivity index (χ1n) is 11.6. The number of allylic oxidation sites excluding steroid dienone is 1. The fraction of sp³-hybridized carbons (Fsp3) is 0.792. The third-order valence-corrected chi connectivity index (χ3v) is 6.69. The summed E-state index contributed by atoms with van der Waals surface area (Å²) in [7, 11) is 0. The summed E-state index contributed by atoms with van der Waals surface area (Å²) >= 11 is 0. The van der Waals surface area contributed by atoms with Crippen LogP contribution in [0.3, 0.4) is 0 Å². The zero-order valence-corrected chi connectivity index (χ0v) is 20.1. The Kier molecular flexibility index (Phi) is 8.31. The number of carbonyl (C=O) groups excluding carboxylic acids is 3. The summed E-state index contributed by atoms with van der Waals surface area (Å²) < 4.78 is 5.34. The molecule has 0 unspecified atom stereocenters. The molecule has 2 N–H and O–H groups in total. The van der Waals surface area contributed by atoms with Gasteiger partial charge in [0.15, 0.2) is 0 Å². The van der Waals surface area contributed by atoms with Crippen molar-refractivity contribution >= 4 is 17.8 Å². The van der Waals surface area contributed by atoms with Crippen molar-refractivity contribution in [1.82, 2.24) is 10.2 Å². The lowest BCUT2D eigenvalue weighted by atomic mass is 9.69. The largest absolute Gasteiger partial charge is 0.466 e. The molecule has 1 saturated heterocycles. The fourth-order valence-corrected chi connectivity index (χ4v) is 5.01. The first-order chi connectivity index (χ1) is 14.5. The second-order valence-corrected chi connectivity index (χ2v) is 9.90. The van der Waals surface area contributed by atoms with Gasteiger partial charge in [0.25, 0.3) is 0 Å². The quantitative estimate of drug-likeness (QED) is 0.450. The lowest BCUT2D eigenvalue weighted by Crippen LogP contribution is -2.56. The molecule has 0 aromatic rings. The summed E-state index contributed by atoms with van der Waals surface area (Å²) in [5.41, 5.74) is -0.472. The highest BCUT2D eigenvalue weighted by Gasteiger charge is 2.59. The number of aliphatic hydroxyl groups excluding tert-OH is 1. The van der Waals surface area contributed by atoms with Crippen LogP contribution < -0.4 is 5.32 Å². The molecular weight excluding hydrogens is 396 g/mol. The number of aliphatic hydroxyl groups is 1. The minimum Gasteiger partial charge on any atom is -0.466 e. The maximum absolute atomic E-state index is 13.8. The van der Waals surface area contributed by atoms with Crippen molar-refractivity contribution in [2.75, 3.05) is 13.2 Å². The van der Waals surface area contributed by atoms with Gasteiger partial charge in [-0.3, -0.25) is 14.4 Å². The van der Waals surface area contributed by atoms with Gasteiger partial charge in [-0.05, 0) is 46.0 Å². The predicted octanol–water partition coefficient (Wildman–Crippen LogP) is 2.53. The maximum Gasteiger partial charge on any atom is 0.310 e. The molecule has 0 radical (unpaired) electrons. The normalized spacial score (nSPS) is 30.0. The molecule has 31 heavy (non-hydrogen) atoms. The van der Waals surface area contributed by atoms with Gasteiger partial charge in [-0.15, -0.1) is 0 Å². The van der Waals surface area contributed by atoms with Gasteiger partial charge in [-0.1, -0.05) is 39.3 Å². The van der Waals surface area contributed by atoms with Crippen LogP contribution in [0.1, 0.15) is 61.3 Å². The molecule has 176 valence electrons. The van der Waals surface area contributed by atoms with Crippen LogP contribution in [0.15, 0.2) is 12.2 Å². The van der Waals surface area contributed by atoms with Crippen LogP contribution in [0.2, 0.25) is 0 Å². The van der Waals surface area contributed by atoms with Gasteiger partial charge >= 0.3 is 5.97 Å². The van der Waals surface area contributed by atoms with E-state index in [1.165, 1.54) is 0 Å². The summed E-state index contributed by atoms with van der Waals surface area (Å²) in [6.07, 6.45) is 5.36. The Morgan fingerprint density at radius 1 is 1.23 bits per heavy atom. The van der Waals surface area contributed by atoms with Crippen LogP contribution in [0, 0.1) is 29.6 Å². The lowest BCUT2D eigenvalue weighted by Gasteiger charge is -2.37. The molecule has 1 fully saturated rings. The molecule has 0 saturated carbocycles. The average molecular weight is 437 g/mol. The summed E-state index contributed by atoms with van der Waals surface area (Å²) in [6, 6.07) is -1.26. The van der Waals surface area contributed by atoms with E-state index in [1.54, 1.807) is 11.8 Å². The van der Waals surface area contributed by atoms with E-state index in [4.69, 9.17) is 4.74 Å². The number of amides is 2. The molecule has 2 rings (SSSR count). The van der Waals surface area contributed by atoms with Crippen LogP contribution in [-0.4, -0.2) is 58.6 Å². The van der Waals surface area contributed by atoms with E-state index in [2.05, 4.69) is 5.32 Å². The molecule has 1 heterocycles. The number of rotatable bonds is 8. The van der Waals surface area contributed by atoms with Crippen LogP contribution in [0.5, 0.6) is 0 Å². The van der Waals surface area contributed by atoms with Gasteiger partial charge in [-0.25, -0.2) is 0 Å². The van der Waals surface area contributed by atoms with Crippen LogP contribution in [-0.2, 0) is 19.1 Å². The Hall–Kier alpha value is -1.89. The van der Waals surface area contributed by atoms with Crippen molar-refractivity contribution in [2.24, 2.45) is 29.6 Å². The SMILES string of the molecule is CCOC(=O)[C@H]1[C@@H]2C(=O)N([C@@H](CO)[C@@H](C)CC)[C@H](C(=O)NC(C)(C)C)[C@H]2C=C[C@H]1CC. The smallest absolute Gasteiger partial charge is 0.310 e. The van der Waals surface area contributed by atoms with E-state index in [0.29, 0.717) is 6.42 Å². The molecule has 7 nitrogen and oxygen atoms in total. The van der Waals surface area contributed by atoms with Crippen molar-refractivity contribution in [3.63, 3.8) is 0 Å². The first kappa shape index (κ1) is 25.4. The highest BCUT2D eigenvalue weighted by atomic mass is 16.5. The Morgan fingerprint density at radius 2 is 1.87 bits per heavy atom. The zero-order valence-electron chi connectivity index (χ0n) is 20.1. The number of esters is 1. The standard InChI is InChI=1S/C24H40N2O5/c1-8-14(4)17(13-27)26-20(21(28)25-24(5,6)7)16-12-11-15(9-2)18(19(16)22(26)29)23(30)31-10-3/h11-12,14-20,27H,8-10,13H2,1-7H3,(H,25,28)/t14-,15+,16-,17-,18+,19+,20-/m0/s1. The van der Waals surface area contributed by atoms with Gasteiger partial charge in [-0.2, -0.15) is 0 Å². The lowest BCUT2D eigenvalue weighted by molar-refractivity contribution is -0.156. The molecule has 1 aliphatic carbocycles. The minimum atomic E-state index is -0.770. The summed E-state index contributed by atoms with van der Waals surface area (Å²) in [6.45, 7) is 13.4. The molecule has 7 heteroatoms. The molecule has 0 spiro atoms. The molecule has 7 atom stereocenters. The van der Waals surface area contributed by atoms with Gasteiger partial charge in [0, 0.05) is 11.5 Å². The maximum atomic E-state index is 13.8. The zero-order chi connectivity index (χ0) is 23.5. The fourth-order valence-electron chi connectivity index (χ4n) is 5.01. The Morgan fingerprint density at radius 3 is 2.35 bits per heavy atom. The number of hydrogen-bond donors (Lipinski definition) is 2. The summed E-state index contributed by atoms with van der Waals surface area (Å²) in [5.74, 6) is -2.72. The number of likely N-dealkylation sites (tertiary alicyclic amines) is 1. The number of nitrogens with zero attached hydrogens (tertiary/aromatic N) is 1. The number of nitrogens with one attached hydrogen (secondary N) is 1. The highest BCUT2D eigenvalue weighted by molar-refractivity contribution is 5.96. The van der Waals surface area contributed by atoms with Gasteiger partial charge in [0.05, 0.1) is 31.1 Å². The van der Waals surface area contributed by atoms with Gasteiger partial charge < -0.3 is 20.1 Å². The first-order valence-corrected chi connectivity index (χ1v) is 11.6. The van der Waals surface area contributed by atoms with Gasteiger partial charge in [0.2, 0.25) is 11.8 Å². The van der Waals surface area contributed by atoms with E-state index in [-0.39, 0.29) is 42.8 Å². The number of fused-ring (bicyclic) bond motifs is 1. The molecule has 0 aromatic carbocycles. The second-order valence-electron chi connectivity index (χ2n) is 9.90. The third kappa shape index (κ3) is 5.13. The van der Waals surface area contributed by atoms with Crippen LogP contribution >= 0.6 is 0 Å². The molecule has 0 bridgehead atoms. The molecule has 1 aliphatic heterocycles. The highest BCUT2D eigenvalue weighted by Crippen LogP contribution is 2.46.